The van der Waals surface area contributed by atoms with Gasteiger partial charge < -0.3 is 13.4 Å². The lowest BCUT2D eigenvalue weighted by Gasteiger charge is -2.21. The van der Waals surface area contributed by atoms with Gasteiger partial charge in [0.15, 0.2) is 12.0 Å². The predicted molar refractivity (Wildman–Crippen MR) is 94.5 cm³/mol. The number of imide groups is 1. The summed E-state index contributed by atoms with van der Waals surface area (Å²) in [6.45, 7) is 0. The van der Waals surface area contributed by atoms with Crippen LogP contribution in [0.3, 0.4) is 0 Å². The van der Waals surface area contributed by atoms with E-state index in [1.165, 1.54) is 17.2 Å². The van der Waals surface area contributed by atoms with Crippen LogP contribution in [0.1, 0.15) is 30.3 Å². The Morgan fingerprint density at radius 3 is 2.93 bits per heavy atom. The van der Waals surface area contributed by atoms with Gasteiger partial charge in [-0.3, -0.25) is 19.5 Å². The lowest BCUT2D eigenvalue weighted by molar-refractivity contribution is -0.135. The van der Waals surface area contributed by atoms with Crippen LogP contribution in [0.2, 0.25) is 0 Å². The number of nitrogens with zero attached hydrogens (tertiary/aromatic N) is 4. The fraction of sp³-hybridized carbons (Fsp3) is 0.222. The van der Waals surface area contributed by atoms with E-state index in [-0.39, 0.29) is 18.7 Å². The molecule has 0 spiro atoms. The van der Waals surface area contributed by atoms with Gasteiger partial charge >= 0.3 is 5.76 Å². The van der Waals surface area contributed by atoms with E-state index >= 15 is 0 Å². The minimum absolute atomic E-state index is 0.155. The van der Waals surface area contributed by atoms with Crippen molar-refractivity contribution < 1.29 is 22.9 Å². The Balaban J connectivity index is 1.48. The molecular formula is C18H13N5O6. The monoisotopic (exact) mass is 395 g/mol. The van der Waals surface area contributed by atoms with E-state index in [0.717, 1.165) is 5.56 Å². The van der Waals surface area contributed by atoms with E-state index < -0.39 is 17.7 Å². The van der Waals surface area contributed by atoms with Gasteiger partial charge in [0.25, 0.3) is 0 Å². The summed E-state index contributed by atoms with van der Waals surface area (Å²) in [6.07, 6.45) is 3.36. The highest BCUT2D eigenvalue weighted by atomic mass is 16.5. The summed E-state index contributed by atoms with van der Waals surface area (Å²) in [4.78, 5) is 44.2. The highest BCUT2D eigenvalue weighted by Gasteiger charge is 2.31. The summed E-state index contributed by atoms with van der Waals surface area (Å²) in [7, 11) is 0. The maximum Gasteiger partial charge on any atom is 0.420 e. The number of piperidine rings is 1. The van der Waals surface area contributed by atoms with Gasteiger partial charge in [0.1, 0.15) is 18.0 Å². The number of hydrogen-bond acceptors (Lipinski definition) is 9. The van der Waals surface area contributed by atoms with Gasteiger partial charge in [0.05, 0.1) is 11.9 Å². The summed E-state index contributed by atoms with van der Waals surface area (Å²) in [5.41, 5.74) is 2.03. The van der Waals surface area contributed by atoms with Crippen LogP contribution in [0, 0.1) is 0 Å². The molecule has 4 aromatic rings. The van der Waals surface area contributed by atoms with Crippen molar-refractivity contribution in [3.63, 3.8) is 0 Å². The van der Waals surface area contributed by atoms with Gasteiger partial charge in [-0.05, 0) is 24.1 Å². The molecule has 1 fully saturated rings. The molecule has 29 heavy (non-hydrogen) atoms. The van der Waals surface area contributed by atoms with E-state index in [2.05, 4.69) is 20.4 Å². The number of carbonyl (C=O) groups excluding carboxylic acids is 2. The van der Waals surface area contributed by atoms with Crippen LogP contribution in [0.4, 0.5) is 0 Å². The van der Waals surface area contributed by atoms with Gasteiger partial charge in [0, 0.05) is 6.42 Å². The van der Waals surface area contributed by atoms with Crippen molar-refractivity contribution in [3.8, 4) is 11.5 Å². The van der Waals surface area contributed by atoms with Crippen LogP contribution in [0.15, 0.2) is 49.0 Å². The smallest absolute Gasteiger partial charge is 0.420 e. The number of carbonyl (C=O) groups is 2. The summed E-state index contributed by atoms with van der Waals surface area (Å²) in [5, 5.41) is 6.12. The van der Waals surface area contributed by atoms with Crippen LogP contribution < -0.4 is 11.1 Å². The molecule has 1 atom stereocenters. The third-order valence-electron chi connectivity index (χ3n) is 4.68. The highest BCUT2D eigenvalue weighted by molar-refractivity contribution is 6.00. The van der Waals surface area contributed by atoms with Gasteiger partial charge in [-0.25, -0.2) is 9.78 Å². The number of amides is 2. The molecule has 2 amide bonds. The normalized spacial score (nSPS) is 17.0. The minimum Gasteiger partial charge on any atom is -0.451 e. The molecule has 11 nitrogen and oxygen atoms in total. The van der Waals surface area contributed by atoms with Crippen molar-refractivity contribution in [2.24, 2.45) is 0 Å². The molecular weight excluding hydrogens is 382 g/mol. The molecule has 5 rings (SSSR count). The number of benzene rings is 1. The van der Waals surface area contributed by atoms with E-state index in [9.17, 15) is 14.4 Å². The number of rotatable bonds is 4. The van der Waals surface area contributed by atoms with Crippen LogP contribution >= 0.6 is 0 Å². The quantitative estimate of drug-likeness (QED) is 0.503. The van der Waals surface area contributed by atoms with Gasteiger partial charge in [-0.2, -0.15) is 4.98 Å². The Morgan fingerprint density at radius 2 is 2.14 bits per heavy atom. The molecule has 0 saturated carbocycles. The molecule has 146 valence electrons. The standard InChI is InChI=1S/C18H13N5O6/c24-14-4-2-11(17(25)20-14)23-12-5-9(1-3-13(12)28-18(23)26)6-15-21-16(22-29-15)10-7-27-8-19-10/h1,3,5,7-8,11H,2,4,6H2,(H,20,24,25). The lowest BCUT2D eigenvalue weighted by atomic mass is 10.1. The summed E-state index contributed by atoms with van der Waals surface area (Å²) in [6, 6.07) is 4.33. The zero-order chi connectivity index (χ0) is 20.0. The topological polar surface area (TPSA) is 146 Å². The molecule has 0 radical (unpaired) electrons. The number of fused-ring (bicyclic) bond motifs is 1. The largest absolute Gasteiger partial charge is 0.451 e. The predicted octanol–water partition coefficient (Wildman–Crippen LogP) is 1.20. The van der Waals surface area contributed by atoms with Crippen LogP contribution in [-0.4, -0.2) is 31.5 Å². The molecule has 1 unspecified atom stereocenters. The molecule has 11 heteroatoms. The van der Waals surface area contributed by atoms with Crippen molar-refractivity contribution in [1.29, 1.82) is 0 Å². The fourth-order valence-corrected chi connectivity index (χ4v) is 3.34. The third-order valence-corrected chi connectivity index (χ3v) is 4.68. The molecule has 0 aliphatic carbocycles. The average molecular weight is 395 g/mol. The maximum absolute atomic E-state index is 12.3. The van der Waals surface area contributed by atoms with Crippen molar-refractivity contribution in [2.75, 3.05) is 0 Å². The molecule has 1 aliphatic heterocycles. The van der Waals surface area contributed by atoms with Crippen LogP contribution in [-0.2, 0) is 16.0 Å². The Labute approximate surface area is 161 Å². The SMILES string of the molecule is O=C1CCC(n2c(=O)oc3ccc(Cc4nc(-c5cocn5)no4)cc32)C(=O)N1. The Bertz CT molecular complexity index is 1280. The minimum atomic E-state index is -0.807. The first kappa shape index (κ1) is 17.1. The molecule has 1 N–H and O–H groups in total. The van der Waals surface area contributed by atoms with Gasteiger partial charge in [-0.15, -0.1) is 0 Å². The Morgan fingerprint density at radius 1 is 1.24 bits per heavy atom. The van der Waals surface area contributed by atoms with Crippen molar-refractivity contribution >= 4 is 22.9 Å². The summed E-state index contributed by atoms with van der Waals surface area (Å²) < 4.78 is 16.7. The first-order valence-electron chi connectivity index (χ1n) is 8.77. The number of aromatic nitrogens is 4. The zero-order valence-corrected chi connectivity index (χ0v) is 14.8. The van der Waals surface area contributed by atoms with Crippen molar-refractivity contribution in [1.82, 2.24) is 25.0 Å². The lowest BCUT2D eigenvalue weighted by Crippen LogP contribution is -2.43. The van der Waals surface area contributed by atoms with Crippen LogP contribution in [0.5, 0.6) is 0 Å². The van der Waals surface area contributed by atoms with E-state index in [1.54, 1.807) is 18.2 Å². The maximum atomic E-state index is 12.3. The molecule has 0 bridgehead atoms. The molecule has 1 saturated heterocycles. The second-order valence-electron chi connectivity index (χ2n) is 6.57. The molecule has 1 aliphatic rings. The Kier molecular flexibility index (Phi) is 3.86. The average Bonchev–Trinajstić information content (AvgIpc) is 3.42. The molecule has 4 heterocycles. The zero-order valence-electron chi connectivity index (χ0n) is 14.8. The molecule has 1 aromatic carbocycles. The second-order valence-corrected chi connectivity index (χ2v) is 6.57. The Hall–Kier alpha value is -4.02. The third kappa shape index (κ3) is 3.02. The first-order valence-corrected chi connectivity index (χ1v) is 8.77. The number of oxazole rings is 2. The van der Waals surface area contributed by atoms with E-state index in [4.69, 9.17) is 13.4 Å². The van der Waals surface area contributed by atoms with Gasteiger partial charge in [0.2, 0.25) is 23.5 Å². The molecule has 3 aromatic heterocycles. The second kappa shape index (κ2) is 6.55. The van der Waals surface area contributed by atoms with Crippen molar-refractivity contribution in [3.05, 3.63) is 52.9 Å². The number of hydrogen-bond donors (Lipinski definition) is 1. The summed E-state index contributed by atoms with van der Waals surface area (Å²) >= 11 is 0. The fourth-order valence-electron chi connectivity index (χ4n) is 3.34. The first-order chi connectivity index (χ1) is 14.1. The number of nitrogens with one attached hydrogen (secondary N) is 1. The van der Waals surface area contributed by atoms with Gasteiger partial charge in [-0.1, -0.05) is 11.2 Å². The van der Waals surface area contributed by atoms with Crippen molar-refractivity contribution in [2.45, 2.75) is 25.3 Å². The van der Waals surface area contributed by atoms with E-state index in [0.29, 0.717) is 34.9 Å². The summed E-state index contributed by atoms with van der Waals surface area (Å²) in [5.74, 6) is -0.880. The van der Waals surface area contributed by atoms with E-state index in [1.807, 2.05) is 0 Å². The highest BCUT2D eigenvalue weighted by Crippen LogP contribution is 2.25. The van der Waals surface area contributed by atoms with Crippen LogP contribution in [0.25, 0.3) is 22.6 Å².